The summed E-state index contributed by atoms with van der Waals surface area (Å²) < 4.78 is 11.1. The van der Waals surface area contributed by atoms with Gasteiger partial charge in [-0.25, -0.2) is 4.79 Å². The van der Waals surface area contributed by atoms with Crippen LogP contribution < -0.4 is 10.4 Å². The van der Waals surface area contributed by atoms with E-state index >= 15 is 0 Å². The Bertz CT molecular complexity index is 1060. The maximum absolute atomic E-state index is 12.4. The van der Waals surface area contributed by atoms with Crippen LogP contribution in [0.2, 0.25) is 0 Å². The quantitative estimate of drug-likeness (QED) is 0.249. The molecular formula is C23H23NO4. The number of allylic oxidation sites excluding steroid dienone is 1. The molecule has 5 nitrogen and oxygen atoms in total. The average Bonchev–Trinajstić information content (AvgIpc) is 2.68. The van der Waals surface area contributed by atoms with E-state index in [1.807, 2.05) is 62.4 Å². The van der Waals surface area contributed by atoms with Crippen LogP contribution in [0, 0.1) is 0 Å². The van der Waals surface area contributed by atoms with E-state index in [1.54, 1.807) is 19.1 Å². The lowest BCUT2D eigenvalue weighted by molar-refractivity contribution is 0.130. The molecule has 0 radical (unpaired) electrons. The molecule has 1 heterocycles. The number of hydrogen-bond donors (Lipinski definition) is 0. The fraction of sp³-hybridized carbons (Fsp3) is 0.217. The van der Waals surface area contributed by atoms with Crippen LogP contribution in [0.1, 0.15) is 31.9 Å². The molecule has 0 N–H and O–H groups in total. The van der Waals surface area contributed by atoms with Crippen molar-refractivity contribution in [3.63, 3.8) is 0 Å². The molecule has 1 aromatic heterocycles. The van der Waals surface area contributed by atoms with Crippen LogP contribution >= 0.6 is 0 Å². The van der Waals surface area contributed by atoms with E-state index < -0.39 is 5.63 Å². The Kier molecular flexibility index (Phi) is 6.27. The van der Waals surface area contributed by atoms with Gasteiger partial charge in [0.15, 0.2) is 0 Å². The zero-order chi connectivity index (χ0) is 19.9. The molecular weight excluding hydrogens is 354 g/mol. The van der Waals surface area contributed by atoms with Gasteiger partial charge in [0.05, 0.1) is 11.3 Å². The summed E-state index contributed by atoms with van der Waals surface area (Å²) in [6, 6.07) is 16.9. The highest BCUT2D eigenvalue weighted by Crippen LogP contribution is 2.21. The fourth-order valence-electron chi connectivity index (χ4n) is 2.57. The van der Waals surface area contributed by atoms with Crippen molar-refractivity contribution in [2.24, 2.45) is 5.16 Å². The first-order chi connectivity index (χ1) is 13.5. The van der Waals surface area contributed by atoms with E-state index in [1.165, 1.54) is 5.57 Å². The molecule has 0 aliphatic heterocycles. The van der Waals surface area contributed by atoms with Crippen LogP contribution in [0.3, 0.4) is 0 Å². The van der Waals surface area contributed by atoms with Crippen molar-refractivity contribution < 1.29 is 14.0 Å². The van der Waals surface area contributed by atoms with Crippen molar-refractivity contribution in [3.05, 3.63) is 87.8 Å². The number of fused-ring (bicyclic) bond motifs is 1. The third kappa shape index (κ3) is 5.10. The van der Waals surface area contributed by atoms with Crippen LogP contribution in [-0.2, 0) is 11.4 Å². The predicted molar refractivity (Wildman–Crippen MR) is 111 cm³/mol. The number of nitrogens with zero attached hydrogens (tertiary/aromatic N) is 1. The molecule has 144 valence electrons. The minimum Gasteiger partial charge on any atom is -0.489 e. The normalized spacial score (nSPS) is 11.3. The molecule has 0 aliphatic carbocycles. The van der Waals surface area contributed by atoms with Crippen LogP contribution in [-0.4, -0.2) is 12.3 Å². The van der Waals surface area contributed by atoms with Gasteiger partial charge >= 0.3 is 5.63 Å². The van der Waals surface area contributed by atoms with E-state index in [9.17, 15) is 4.79 Å². The number of benzene rings is 2. The molecule has 3 rings (SSSR count). The standard InChI is InChI=1S/C23H23NO4/c1-16(2)11-12-26-20-10-9-19-13-21(23(25)28-22(19)14-20)17(3)24-27-15-18-7-5-4-6-8-18/h4-11,13-14H,12,15H2,1-3H3. The Labute approximate surface area is 163 Å². The van der Waals surface area contributed by atoms with E-state index in [2.05, 4.69) is 5.16 Å². The highest BCUT2D eigenvalue weighted by Gasteiger charge is 2.10. The van der Waals surface area contributed by atoms with Gasteiger partial charge in [0.25, 0.3) is 0 Å². The molecule has 5 heteroatoms. The van der Waals surface area contributed by atoms with E-state index in [-0.39, 0.29) is 0 Å². The van der Waals surface area contributed by atoms with Gasteiger partial charge in [-0.05, 0) is 50.6 Å². The number of hydrogen-bond acceptors (Lipinski definition) is 5. The molecule has 0 fully saturated rings. The van der Waals surface area contributed by atoms with Crippen LogP contribution in [0.4, 0.5) is 0 Å². The van der Waals surface area contributed by atoms with Gasteiger partial charge in [-0.1, -0.05) is 41.1 Å². The summed E-state index contributed by atoms with van der Waals surface area (Å²) in [7, 11) is 0. The second-order valence-corrected chi connectivity index (χ2v) is 6.68. The minimum atomic E-state index is -0.460. The Morgan fingerprint density at radius 3 is 2.61 bits per heavy atom. The van der Waals surface area contributed by atoms with Gasteiger partial charge in [0.1, 0.15) is 24.5 Å². The first-order valence-corrected chi connectivity index (χ1v) is 9.08. The fourth-order valence-corrected chi connectivity index (χ4v) is 2.57. The summed E-state index contributed by atoms with van der Waals surface area (Å²) in [5, 5.41) is 4.85. The van der Waals surface area contributed by atoms with Crippen LogP contribution in [0.15, 0.2) is 80.6 Å². The monoisotopic (exact) mass is 377 g/mol. The van der Waals surface area contributed by atoms with Crippen LogP contribution in [0.5, 0.6) is 5.75 Å². The first kappa shape index (κ1) is 19.4. The van der Waals surface area contributed by atoms with E-state index in [0.29, 0.717) is 35.8 Å². The average molecular weight is 377 g/mol. The molecule has 0 aliphatic rings. The molecule has 0 saturated carbocycles. The lowest BCUT2D eigenvalue weighted by Crippen LogP contribution is -2.12. The van der Waals surface area contributed by atoms with Crippen LogP contribution in [0.25, 0.3) is 11.0 Å². The smallest absolute Gasteiger partial charge is 0.345 e. The maximum Gasteiger partial charge on any atom is 0.345 e. The second kappa shape index (κ2) is 9.04. The number of rotatable bonds is 7. The third-order valence-corrected chi connectivity index (χ3v) is 4.11. The number of oxime groups is 1. The zero-order valence-corrected chi connectivity index (χ0v) is 16.3. The maximum atomic E-state index is 12.4. The van der Waals surface area contributed by atoms with Crippen molar-refractivity contribution in [3.8, 4) is 5.75 Å². The SMILES string of the molecule is CC(C)=CCOc1ccc2cc(C(C)=NOCc3ccccc3)c(=O)oc2c1. The Morgan fingerprint density at radius 1 is 1.07 bits per heavy atom. The van der Waals surface area contributed by atoms with Gasteiger partial charge in [0, 0.05) is 11.5 Å². The molecule has 3 aromatic rings. The molecule has 28 heavy (non-hydrogen) atoms. The lowest BCUT2D eigenvalue weighted by atomic mass is 10.1. The topological polar surface area (TPSA) is 61.0 Å². The summed E-state index contributed by atoms with van der Waals surface area (Å²) in [6.07, 6.45) is 1.98. The first-order valence-electron chi connectivity index (χ1n) is 9.08. The predicted octanol–water partition coefficient (Wildman–Crippen LogP) is 5.08. The van der Waals surface area contributed by atoms with Crippen molar-refractivity contribution in [2.45, 2.75) is 27.4 Å². The van der Waals surface area contributed by atoms with E-state index in [4.69, 9.17) is 14.0 Å². The van der Waals surface area contributed by atoms with Gasteiger partial charge in [0.2, 0.25) is 0 Å². The second-order valence-electron chi connectivity index (χ2n) is 6.68. The Morgan fingerprint density at radius 2 is 1.86 bits per heavy atom. The van der Waals surface area contributed by atoms with Gasteiger partial charge < -0.3 is 14.0 Å². The largest absolute Gasteiger partial charge is 0.489 e. The zero-order valence-electron chi connectivity index (χ0n) is 16.3. The summed E-state index contributed by atoms with van der Waals surface area (Å²) in [6.45, 7) is 6.56. The third-order valence-electron chi connectivity index (χ3n) is 4.11. The molecule has 0 bridgehead atoms. The van der Waals surface area contributed by atoms with Crippen molar-refractivity contribution in [1.82, 2.24) is 0 Å². The van der Waals surface area contributed by atoms with Crippen molar-refractivity contribution in [2.75, 3.05) is 6.61 Å². The molecule has 0 spiro atoms. The molecule has 0 unspecified atom stereocenters. The lowest BCUT2D eigenvalue weighted by Gasteiger charge is -2.06. The van der Waals surface area contributed by atoms with Gasteiger partial charge in [-0.3, -0.25) is 0 Å². The van der Waals surface area contributed by atoms with E-state index in [0.717, 1.165) is 10.9 Å². The van der Waals surface area contributed by atoms with Crippen molar-refractivity contribution in [1.29, 1.82) is 0 Å². The summed E-state index contributed by atoms with van der Waals surface area (Å²) in [5.74, 6) is 0.650. The summed E-state index contributed by atoms with van der Waals surface area (Å²) in [4.78, 5) is 17.7. The summed E-state index contributed by atoms with van der Waals surface area (Å²) >= 11 is 0. The minimum absolute atomic E-state index is 0.337. The van der Waals surface area contributed by atoms with Crippen molar-refractivity contribution >= 4 is 16.7 Å². The molecule has 0 saturated heterocycles. The highest BCUT2D eigenvalue weighted by molar-refractivity contribution is 6.00. The number of ether oxygens (including phenoxy) is 1. The highest BCUT2D eigenvalue weighted by atomic mass is 16.6. The Balaban J connectivity index is 1.76. The summed E-state index contributed by atoms with van der Waals surface area (Å²) in [5.41, 5.74) is 3.04. The molecule has 0 atom stereocenters. The van der Waals surface area contributed by atoms with Gasteiger partial charge in [-0.15, -0.1) is 0 Å². The molecule has 0 amide bonds. The Hall–Kier alpha value is -3.34. The molecule has 2 aromatic carbocycles. The van der Waals surface area contributed by atoms with Gasteiger partial charge in [-0.2, -0.15) is 0 Å².